The normalized spacial score (nSPS) is 22.6. The van der Waals surface area contributed by atoms with Crippen LogP contribution in [0.25, 0.3) is 0 Å². The number of aliphatic hydroxyl groups excluding tert-OH is 1. The first-order valence-corrected chi connectivity index (χ1v) is 6.20. The predicted octanol–water partition coefficient (Wildman–Crippen LogP) is 0.912. The maximum absolute atomic E-state index is 11.0. The first-order valence-electron chi connectivity index (χ1n) is 6.20. The number of hydrogen-bond donors (Lipinski definition) is 2. The Labute approximate surface area is 106 Å². The highest BCUT2D eigenvalue weighted by Gasteiger charge is 2.26. The fourth-order valence-electron chi connectivity index (χ4n) is 2.36. The van der Waals surface area contributed by atoms with Crippen molar-refractivity contribution in [2.24, 2.45) is 5.92 Å². The van der Waals surface area contributed by atoms with Crippen LogP contribution in [0.4, 0.5) is 0 Å². The summed E-state index contributed by atoms with van der Waals surface area (Å²) >= 11 is 0. The fourth-order valence-corrected chi connectivity index (χ4v) is 2.36. The zero-order valence-corrected chi connectivity index (χ0v) is 10.2. The Kier molecular flexibility index (Phi) is 4.28. The third-order valence-corrected chi connectivity index (χ3v) is 3.38. The Morgan fingerprint density at radius 3 is 2.89 bits per heavy atom. The summed E-state index contributed by atoms with van der Waals surface area (Å²) < 4.78 is 0. The Morgan fingerprint density at radius 1 is 1.50 bits per heavy atom. The van der Waals surface area contributed by atoms with Crippen LogP contribution in [0.1, 0.15) is 24.5 Å². The van der Waals surface area contributed by atoms with Gasteiger partial charge in [0.15, 0.2) is 0 Å². The van der Waals surface area contributed by atoms with Crippen molar-refractivity contribution in [2.75, 3.05) is 19.6 Å². The molecule has 0 radical (unpaired) electrons. The average Bonchev–Trinajstić information content (AvgIpc) is 2.40. The number of hydrogen-bond acceptors (Lipinski definition) is 4. The van der Waals surface area contributed by atoms with Gasteiger partial charge in [0, 0.05) is 25.5 Å². The topological polar surface area (TPSA) is 73.7 Å². The maximum atomic E-state index is 11.0. The molecule has 18 heavy (non-hydrogen) atoms. The summed E-state index contributed by atoms with van der Waals surface area (Å²) in [4.78, 5) is 16.9. The SMILES string of the molecule is O=C(O)C1CCCN(CC(O)c2ccncc2)C1. The number of rotatable bonds is 4. The lowest BCUT2D eigenvalue weighted by atomic mass is 9.97. The van der Waals surface area contributed by atoms with Crippen LogP contribution in [-0.2, 0) is 4.79 Å². The van der Waals surface area contributed by atoms with Gasteiger partial charge in [-0.05, 0) is 37.1 Å². The highest BCUT2D eigenvalue weighted by atomic mass is 16.4. The zero-order valence-electron chi connectivity index (χ0n) is 10.2. The molecular formula is C13H18N2O3. The molecule has 5 nitrogen and oxygen atoms in total. The number of nitrogens with zero attached hydrogens (tertiary/aromatic N) is 2. The molecule has 0 saturated carbocycles. The number of carboxylic acid groups (broad SMARTS) is 1. The molecule has 0 aliphatic carbocycles. The average molecular weight is 250 g/mol. The molecular weight excluding hydrogens is 232 g/mol. The largest absolute Gasteiger partial charge is 0.481 e. The molecule has 1 aliphatic heterocycles. The van der Waals surface area contributed by atoms with E-state index in [0.717, 1.165) is 24.9 Å². The van der Waals surface area contributed by atoms with Gasteiger partial charge in [-0.1, -0.05) is 0 Å². The van der Waals surface area contributed by atoms with Crippen molar-refractivity contribution in [3.05, 3.63) is 30.1 Å². The van der Waals surface area contributed by atoms with Gasteiger partial charge in [0.2, 0.25) is 0 Å². The van der Waals surface area contributed by atoms with Crippen LogP contribution in [0.15, 0.2) is 24.5 Å². The summed E-state index contributed by atoms with van der Waals surface area (Å²) in [6.07, 6.45) is 4.32. The van der Waals surface area contributed by atoms with E-state index in [0.29, 0.717) is 13.1 Å². The molecule has 2 heterocycles. The van der Waals surface area contributed by atoms with Crippen LogP contribution < -0.4 is 0 Å². The summed E-state index contributed by atoms with van der Waals surface area (Å²) in [6, 6.07) is 3.56. The minimum atomic E-state index is -0.738. The number of carbonyl (C=O) groups is 1. The molecule has 1 aromatic heterocycles. The van der Waals surface area contributed by atoms with Gasteiger partial charge in [-0.3, -0.25) is 14.7 Å². The molecule has 2 rings (SSSR count). The molecule has 0 spiro atoms. The molecule has 1 fully saturated rings. The van der Waals surface area contributed by atoms with E-state index < -0.39 is 12.1 Å². The van der Waals surface area contributed by atoms with Gasteiger partial charge in [0.1, 0.15) is 0 Å². The van der Waals surface area contributed by atoms with E-state index >= 15 is 0 Å². The van der Waals surface area contributed by atoms with E-state index in [1.54, 1.807) is 24.5 Å². The van der Waals surface area contributed by atoms with Crippen molar-refractivity contribution in [1.82, 2.24) is 9.88 Å². The zero-order chi connectivity index (χ0) is 13.0. The monoisotopic (exact) mass is 250 g/mol. The van der Waals surface area contributed by atoms with Crippen molar-refractivity contribution in [1.29, 1.82) is 0 Å². The van der Waals surface area contributed by atoms with Gasteiger partial charge in [0.25, 0.3) is 0 Å². The minimum absolute atomic E-state index is 0.302. The number of aliphatic hydroxyl groups is 1. The van der Waals surface area contributed by atoms with E-state index in [1.807, 2.05) is 4.90 Å². The molecule has 5 heteroatoms. The van der Waals surface area contributed by atoms with Crippen molar-refractivity contribution < 1.29 is 15.0 Å². The lowest BCUT2D eigenvalue weighted by Crippen LogP contribution is -2.40. The van der Waals surface area contributed by atoms with Gasteiger partial charge in [0.05, 0.1) is 12.0 Å². The first kappa shape index (κ1) is 13.0. The molecule has 0 bridgehead atoms. The number of aromatic nitrogens is 1. The molecule has 0 aromatic carbocycles. The van der Waals surface area contributed by atoms with Crippen molar-refractivity contribution in [2.45, 2.75) is 18.9 Å². The van der Waals surface area contributed by atoms with Crippen LogP contribution >= 0.6 is 0 Å². The van der Waals surface area contributed by atoms with Crippen LogP contribution in [0.3, 0.4) is 0 Å². The molecule has 1 aromatic rings. The Morgan fingerprint density at radius 2 is 2.22 bits per heavy atom. The predicted molar refractivity (Wildman–Crippen MR) is 66.0 cm³/mol. The smallest absolute Gasteiger partial charge is 0.307 e. The van der Waals surface area contributed by atoms with Gasteiger partial charge in [-0.25, -0.2) is 0 Å². The van der Waals surface area contributed by atoms with Crippen LogP contribution in [0, 0.1) is 5.92 Å². The standard InChI is InChI=1S/C13H18N2O3/c16-12(10-3-5-14-6-4-10)9-15-7-1-2-11(8-15)13(17)18/h3-6,11-12,16H,1-2,7-9H2,(H,17,18). The fraction of sp³-hybridized carbons (Fsp3) is 0.538. The summed E-state index contributed by atoms with van der Waals surface area (Å²) in [5.74, 6) is -1.04. The third kappa shape index (κ3) is 3.27. The number of pyridine rings is 1. The summed E-state index contributed by atoms with van der Waals surface area (Å²) in [5, 5.41) is 19.1. The van der Waals surface area contributed by atoms with E-state index in [-0.39, 0.29) is 5.92 Å². The van der Waals surface area contributed by atoms with Crippen molar-refractivity contribution in [3.63, 3.8) is 0 Å². The second-order valence-corrected chi connectivity index (χ2v) is 4.73. The van der Waals surface area contributed by atoms with Crippen LogP contribution in [0.2, 0.25) is 0 Å². The quantitative estimate of drug-likeness (QED) is 0.831. The number of piperidine rings is 1. The Balaban J connectivity index is 1.91. The summed E-state index contributed by atoms with van der Waals surface area (Å²) in [5.41, 5.74) is 0.822. The third-order valence-electron chi connectivity index (χ3n) is 3.38. The van der Waals surface area contributed by atoms with E-state index in [9.17, 15) is 9.90 Å². The van der Waals surface area contributed by atoms with E-state index in [2.05, 4.69) is 4.98 Å². The van der Waals surface area contributed by atoms with Gasteiger partial charge in [-0.2, -0.15) is 0 Å². The number of carboxylic acids is 1. The molecule has 2 N–H and O–H groups in total. The highest BCUT2D eigenvalue weighted by Crippen LogP contribution is 2.20. The number of likely N-dealkylation sites (tertiary alicyclic amines) is 1. The number of β-amino-alcohol motifs (C(OH)–C–C–N with tert-alkyl or cyclic N) is 1. The highest BCUT2D eigenvalue weighted by molar-refractivity contribution is 5.70. The second kappa shape index (κ2) is 5.93. The molecule has 98 valence electrons. The van der Waals surface area contributed by atoms with Gasteiger partial charge in [-0.15, -0.1) is 0 Å². The van der Waals surface area contributed by atoms with E-state index in [1.165, 1.54) is 0 Å². The Bertz CT molecular complexity index is 396. The van der Waals surface area contributed by atoms with Crippen LogP contribution in [-0.4, -0.2) is 45.7 Å². The summed E-state index contributed by atoms with van der Waals surface area (Å²) in [6.45, 7) is 1.86. The number of aliphatic carboxylic acids is 1. The first-order chi connectivity index (χ1) is 8.66. The van der Waals surface area contributed by atoms with Crippen molar-refractivity contribution in [3.8, 4) is 0 Å². The molecule has 1 aliphatic rings. The van der Waals surface area contributed by atoms with Crippen molar-refractivity contribution >= 4 is 5.97 Å². The lowest BCUT2D eigenvalue weighted by Gasteiger charge is -2.32. The van der Waals surface area contributed by atoms with E-state index in [4.69, 9.17) is 5.11 Å². The van der Waals surface area contributed by atoms with Gasteiger partial charge >= 0.3 is 5.97 Å². The summed E-state index contributed by atoms with van der Waals surface area (Å²) in [7, 11) is 0. The molecule has 2 unspecified atom stereocenters. The lowest BCUT2D eigenvalue weighted by molar-refractivity contribution is -0.143. The molecule has 0 amide bonds. The minimum Gasteiger partial charge on any atom is -0.481 e. The second-order valence-electron chi connectivity index (χ2n) is 4.73. The molecule has 1 saturated heterocycles. The maximum Gasteiger partial charge on any atom is 0.307 e. The Hall–Kier alpha value is -1.46. The molecule has 2 atom stereocenters. The van der Waals surface area contributed by atoms with Gasteiger partial charge < -0.3 is 10.2 Å². The van der Waals surface area contributed by atoms with Crippen LogP contribution in [0.5, 0.6) is 0 Å².